The van der Waals surface area contributed by atoms with Gasteiger partial charge in [0.2, 0.25) is 0 Å². The topological polar surface area (TPSA) is 18.5 Å². The van der Waals surface area contributed by atoms with Crippen molar-refractivity contribution < 1.29 is 9.47 Å². The summed E-state index contributed by atoms with van der Waals surface area (Å²) in [5.41, 5.74) is 0. The van der Waals surface area contributed by atoms with E-state index in [9.17, 15) is 0 Å². The summed E-state index contributed by atoms with van der Waals surface area (Å²) in [7, 11) is 0. The molecule has 0 aliphatic carbocycles. The molecule has 0 aromatic rings. The summed E-state index contributed by atoms with van der Waals surface area (Å²) in [6.45, 7) is 6.26. The standard InChI is InChI=1S/C8H15O2/c1-2-3-5-9-7-8-4-6-10-8/h8H,1-7H2. The first-order valence-electron chi connectivity index (χ1n) is 3.92. The summed E-state index contributed by atoms with van der Waals surface area (Å²) < 4.78 is 10.5. The van der Waals surface area contributed by atoms with Crippen molar-refractivity contribution in [3.63, 3.8) is 0 Å². The van der Waals surface area contributed by atoms with Gasteiger partial charge in [0.1, 0.15) is 0 Å². The van der Waals surface area contributed by atoms with E-state index < -0.39 is 0 Å². The summed E-state index contributed by atoms with van der Waals surface area (Å²) >= 11 is 0. The summed E-state index contributed by atoms with van der Waals surface area (Å²) in [5, 5.41) is 0. The molecule has 0 bridgehead atoms. The van der Waals surface area contributed by atoms with Crippen molar-refractivity contribution in [2.75, 3.05) is 19.8 Å². The Morgan fingerprint density at radius 1 is 1.60 bits per heavy atom. The highest BCUT2D eigenvalue weighted by Crippen LogP contribution is 2.10. The lowest BCUT2D eigenvalue weighted by molar-refractivity contribution is -0.0937. The van der Waals surface area contributed by atoms with Crippen molar-refractivity contribution in [3.8, 4) is 0 Å². The second-order valence-electron chi connectivity index (χ2n) is 2.56. The third-order valence-electron chi connectivity index (χ3n) is 1.64. The predicted molar refractivity (Wildman–Crippen MR) is 39.8 cm³/mol. The predicted octanol–water partition coefficient (Wildman–Crippen LogP) is 1.41. The van der Waals surface area contributed by atoms with E-state index in [1.54, 1.807) is 0 Å². The first kappa shape index (κ1) is 8.02. The lowest BCUT2D eigenvalue weighted by Gasteiger charge is -2.25. The zero-order valence-corrected chi connectivity index (χ0v) is 6.34. The second kappa shape index (κ2) is 4.69. The fourth-order valence-corrected chi connectivity index (χ4v) is 0.835. The van der Waals surface area contributed by atoms with Crippen LogP contribution in [-0.2, 0) is 9.47 Å². The maximum atomic E-state index is 5.31. The Labute approximate surface area is 62.5 Å². The zero-order valence-electron chi connectivity index (χ0n) is 6.34. The van der Waals surface area contributed by atoms with Crippen LogP contribution in [0.5, 0.6) is 0 Å². The summed E-state index contributed by atoms with van der Waals surface area (Å²) in [4.78, 5) is 0. The number of rotatable bonds is 5. The van der Waals surface area contributed by atoms with Crippen molar-refractivity contribution in [1.82, 2.24) is 0 Å². The van der Waals surface area contributed by atoms with Gasteiger partial charge in [-0.05, 0) is 12.8 Å². The average Bonchev–Trinajstić information content (AvgIpc) is 1.84. The lowest BCUT2D eigenvalue weighted by Crippen LogP contribution is -2.31. The zero-order chi connectivity index (χ0) is 7.23. The minimum absolute atomic E-state index is 0.393. The van der Waals surface area contributed by atoms with Crippen LogP contribution < -0.4 is 0 Å². The number of ether oxygens (including phenoxy) is 2. The molecule has 1 heterocycles. The fraction of sp³-hybridized carbons (Fsp3) is 0.875. The molecule has 1 aliphatic heterocycles. The second-order valence-corrected chi connectivity index (χ2v) is 2.56. The van der Waals surface area contributed by atoms with E-state index >= 15 is 0 Å². The van der Waals surface area contributed by atoms with Gasteiger partial charge in [-0.1, -0.05) is 13.3 Å². The van der Waals surface area contributed by atoms with Crippen molar-refractivity contribution in [3.05, 3.63) is 6.92 Å². The number of hydrogen-bond donors (Lipinski definition) is 0. The molecule has 0 aromatic carbocycles. The maximum Gasteiger partial charge on any atom is 0.0830 e. The van der Waals surface area contributed by atoms with Crippen LogP contribution in [0, 0.1) is 6.92 Å². The molecule has 1 saturated heterocycles. The van der Waals surface area contributed by atoms with Crippen LogP contribution in [0.25, 0.3) is 0 Å². The van der Waals surface area contributed by atoms with Gasteiger partial charge in [-0.3, -0.25) is 0 Å². The molecule has 2 nitrogen and oxygen atoms in total. The van der Waals surface area contributed by atoms with Crippen molar-refractivity contribution >= 4 is 0 Å². The monoisotopic (exact) mass is 143 g/mol. The molecule has 2 heteroatoms. The SMILES string of the molecule is [CH2]CCCOCC1CCO1. The Kier molecular flexibility index (Phi) is 3.76. The molecule has 59 valence electrons. The van der Waals surface area contributed by atoms with E-state index in [0.29, 0.717) is 6.10 Å². The van der Waals surface area contributed by atoms with Gasteiger partial charge in [-0.25, -0.2) is 0 Å². The van der Waals surface area contributed by atoms with Crippen molar-refractivity contribution in [2.45, 2.75) is 25.4 Å². The average molecular weight is 143 g/mol. The molecule has 10 heavy (non-hydrogen) atoms. The van der Waals surface area contributed by atoms with Crippen LogP contribution in [0.2, 0.25) is 0 Å². The fourth-order valence-electron chi connectivity index (χ4n) is 0.835. The smallest absolute Gasteiger partial charge is 0.0830 e. The number of unbranched alkanes of at least 4 members (excludes halogenated alkanes) is 1. The molecular weight excluding hydrogens is 128 g/mol. The Morgan fingerprint density at radius 3 is 2.90 bits per heavy atom. The minimum Gasteiger partial charge on any atom is -0.379 e. The first-order valence-corrected chi connectivity index (χ1v) is 3.92. The lowest BCUT2D eigenvalue weighted by atomic mass is 10.2. The quantitative estimate of drug-likeness (QED) is 0.542. The highest BCUT2D eigenvalue weighted by Gasteiger charge is 2.17. The van der Waals surface area contributed by atoms with Gasteiger partial charge < -0.3 is 9.47 Å². The third-order valence-corrected chi connectivity index (χ3v) is 1.64. The normalized spacial score (nSPS) is 24.3. The van der Waals surface area contributed by atoms with Gasteiger partial charge in [0, 0.05) is 13.2 Å². The summed E-state index contributed by atoms with van der Waals surface area (Å²) in [6.07, 6.45) is 3.59. The number of hydrogen-bond acceptors (Lipinski definition) is 2. The van der Waals surface area contributed by atoms with Crippen LogP contribution in [0.1, 0.15) is 19.3 Å². The Morgan fingerprint density at radius 2 is 2.40 bits per heavy atom. The Bertz CT molecular complexity index is 79.3. The Hall–Kier alpha value is -0.0800. The van der Waals surface area contributed by atoms with E-state index in [1.807, 2.05) is 0 Å². The van der Waals surface area contributed by atoms with Crippen LogP contribution in [0.4, 0.5) is 0 Å². The molecule has 0 saturated carbocycles. The van der Waals surface area contributed by atoms with Gasteiger partial charge in [0.05, 0.1) is 12.7 Å². The molecule has 1 unspecified atom stereocenters. The van der Waals surface area contributed by atoms with Crippen LogP contribution in [0.15, 0.2) is 0 Å². The van der Waals surface area contributed by atoms with E-state index in [2.05, 4.69) is 6.92 Å². The highest BCUT2D eigenvalue weighted by molar-refractivity contribution is 4.64. The van der Waals surface area contributed by atoms with E-state index in [0.717, 1.165) is 32.7 Å². The van der Waals surface area contributed by atoms with Crippen LogP contribution in [-0.4, -0.2) is 25.9 Å². The van der Waals surface area contributed by atoms with Crippen molar-refractivity contribution in [1.29, 1.82) is 0 Å². The molecule has 0 spiro atoms. The molecule has 0 N–H and O–H groups in total. The molecule has 1 rings (SSSR count). The highest BCUT2D eigenvalue weighted by atomic mass is 16.5. The minimum atomic E-state index is 0.393. The van der Waals surface area contributed by atoms with E-state index in [4.69, 9.17) is 9.47 Å². The summed E-state index contributed by atoms with van der Waals surface area (Å²) in [5.74, 6) is 0. The molecule has 1 radical (unpaired) electrons. The largest absolute Gasteiger partial charge is 0.379 e. The molecule has 1 fully saturated rings. The van der Waals surface area contributed by atoms with Gasteiger partial charge in [0.25, 0.3) is 0 Å². The summed E-state index contributed by atoms with van der Waals surface area (Å²) in [6, 6.07) is 0. The van der Waals surface area contributed by atoms with E-state index in [-0.39, 0.29) is 0 Å². The van der Waals surface area contributed by atoms with Crippen LogP contribution in [0.3, 0.4) is 0 Å². The van der Waals surface area contributed by atoms with Crippen LogP contribution >= 0.6 is 0 Å². The third kappa shape index (κ3) is 2.67. The molecule has 0 amide bonds. The van der Waals surface area contributed by atoms with Gasteiger partial charge in [-0.2, -0.15) is 0 Å². The van der Waals surface area contributed by atoms with Gasteiger partial charge in [-0.15, -0.1) is 0 Å². The Balaban J connectivity index is 1.76. The van der Waals surface area contributed by atoms with Gasteiger partial charge >= 0.3 is 0 Å². The molecule has 0 aromatic heterocycles. The van der Waals surface area contributed by atoms with E-state index in [1.165, 1.54) is 6.42 Å². The first-order chi connectivity index (χ1) is 4.93. The molecular formula is C8H15O2. The van der Waals surface area contributed by atoms with Crippen molar-refractivity contribution in [2.24, 2.45) is 0 Å². The molecule has 1 aliphatic rings. The maximum absolute atomic E-state index is 5.31. The molecule has 1 atom stereocenters. The van der Waals surface area contributed by atoms with Gasteiger partial charge in [0.15, 0.2) is 0 Å².